The number of hydrogen-bond donors (Lipinski definition) is 8. The molecule has 0 atom stereocenters. The van der Waals surface area contributed by atoms with Gasteiger partial charge in [-0.05, 0) is 48.5 Å². The molecule has 0 saturated heterocycles. The van der Waals surface area contributed by atoms with E-state index in [1.807, 2.05) is 72.8 Å². The van der Waals surface area contributed by atoms with Gasteiger partial charge in [0, 0.05) is 41.5 Å². The molecular weight excluding hydrogens is 692 g/mol. The number of rotatable bonds is 11. The van der Waals surface area contributed by atoms with Crippen molar-refractivity contribution in [1.29, 1.82) is 0 Å². The number of benzene rings is 4. The van der Waals surface area contributed by atoms with Gasteiger partial charge in [0.1, 0.15) is 23.3 Å². The van der Waals surface area contributed by atoms with Gasteiger partial charge in [0.05, 0.1) is 70.3 Å². The molecule has 0 saturated carbocycles. The third kappa shape index (κ3) is 11.5. The Bertz CT molecular complexity index is 1770. The van der Waals surface area contributed by atoms with Crippen molar-refractivity contribution in [1.82, 2.24) is 49.7 Å². The first-order valence-electron chi connectivity index (χ1n) is 16.7. The molecule has 8 aromatic rings. The molecule has 16 heteroatoms. The largest absolute Gasteiger partial charge is 0.412 e. The monoisotopic (exact) mass is 744 g/mol. The molecule has 4 aromatic carbocycles. The Morgan fingerprint density at radius 3 is 0.778 bits per heavy atom. The summed E-state index contributed by atoms with van der Waals surface area (Å²) in [6.07, 6.45) is 0. The van der Waals surface area contributed by atoms with Crippen LogP contribution in [0.25, 0.3) is 44.1 Å². The van der Waals surface area contributed by atoms with Crippen LogP contribution < -0.4 is 0 Å². The summed E-state index contributed by atoms with van der Waals surface area (Å²) in [5.41, 5.74) is 8.07. The topological polar surface area (TPSA) is 265 Å². The molecule has 4 aromatic heterocycles. The first kappa shape index (κ1) is 44.6. The fourth-order valence-electron chi connectivity index (χ4n) is 5.88. The van der Waals surface area contributed by atoms with E-state index < -0.39 is 0 Å². The van der Waals surface area contributed by atoms with Gasteiger partial charge in [-0.15, -0.1) is 0 Å². The highest BCUT2D eigenvalue weighted by molar-refractivity contribution is 5.76. The molecule has 0 amide bonds. The fourth-order valence-corrected chi connectivity index (χ4v) is 5.88. The Hall–Kier alpha value is -5.56. The molecule has 4 heterocycles. The number of aliphatic hydroxyl groups excluding tert-OH is 4. The Kier molecular flexibility index (Phi) is 19.1. The lowest BCUT2D eigenvalue weighted by Crippen LogP contribution is -2.35. The summed E-state index contributed by atoms with van der Waals surface area (Å²) in [4.78, 5) is 38.3. The van der Waals surface area contributed by atoms with Gasteiger partial charge < -0.3 is 51.3 Å². The van der Waals surface area contributed by atoms with Gasteiger partial charge in [-0.3, -0.25) is 9.80 Å². The molecule has 0 fully saturated rings. The molecule has 290 valence electrons. The average Bonchev–Trinajstić information content (AvgIpc) is 4.00. The van der Waals surface area contributed by atoms with Crippen LogP contribution in [0.15, 0.2) is 97.1 Å². The second-order valence-corrected chi connectivity index (χ2v) is 11.2. The van der Waals surface area contributed by atoms with Crippen LogP contribution in [0.1, 0.15) is 23.3 Å². The molecule has 0 aliphatic rings. The summed E-state index contributed by atoms with van der Waals surface area (Å²) in [6, 6.07) is 32.7. The van der Waals surface area contributed by atoms with E-state index in [-0.39, 0.29) is 11.0 Å². The lowest BCUT2D eigenvalue weighted by atomic mass is 10.3. The molecule has 0 radical (unpaired) electrons. The molecule has 0 bridgehead atoms. The Morgan fingerprint density at radius 2 is 0.574 bits per heavy atom. The number of fused-ring (bicyclic) bond motifs is 4. The first-order valence-corrected chi connectivity index (χ1v) is 16.7. The van der Waals surface area contributed by atoms with Crippen molar-refractivity contribution in [3.63, 3.8) is 0 Å². The van der Waals surface area contributed by atoms with E-state index >= 15 is 0 Å². The van der Waals surface area contributed by atoms with Gasteiger partial charge in [0.15, 0.2) is 0 Å². The maximum atomic E-state index is 7.00. The van der Waals surface area contributed by atoms with Crippen molar-refractivity contribution >= 4 is 44.1 Å². The molecule has 0 aliphatic heterocycles. The van der Waals surface area contributed by atoms with Crippen molar-refractivity contribution in [2.45, 2.75) is 26.2 Å². The van der Waals surface area contributed by atoms with Crippen LogP contribution in [-0.2, 0) is 26.2 Å². The number of aliphatic hydroxyl groups is 4. The summed E-state index contributed by atoms with van der Waals surface area (Å²) in [6.45, 7) is 4.22. The summed E-state index contributed by atoms with van der Waals surface area (Å²) in [5.74, 6) is 3.73. The predicted molar refractivity (Wildman–Crippen MR) is 212 cm³/mol. The maximum absolute atomic E-state index is 7.00. The van der Waals surface area contributed by atoms with Gasteiger partial charge >= 0.3 is 0 Å². The van der Waals surface area contributed by atoms with Crippen LogP contribution in [0, 0.1) is 0 Å². The van der Waals surface area contributed by atoms with Gasteiger partial charge in [-0.25, -0.2) is 19.9 Å². The Balaban J connectivity index is 0.000000949. The third-order valence-electron chi connectivity index (χ3n) is 7.98. The molecule has 0 spiro atoms. The van der Waals surface area contributed by atoms with Crippen LogP contribution in [0.5, 0.6) is 0 Å². The summed E-state index contributed by atoms with van der Waals surface area (Å²) < 4.78 is 0. The Morgan fingerprint density at radius 1 is 0.370 bits per heavy atom. The minimum Gasteiger partial charge on any atom is -0.412 e. The number of imidazole rings is 4. The highest BCUT2D eigenvalue weighted by Crippen LogP contribution is 2.18. The van der Waals surface area contributed by atoms with Crippen LogP contribution in [0.3, 0.4) is 0 Å². The van der Waals surface area contributed by atoms with E-state index in [9.17, 15) is 0 Å². The van der Waals surface area contributed by atoms with Crippen LogP contribution in [0.4, 0.5) is 0 Å². The Labute approximate surface area is 312 Å². The van der Waals surface area contributed by atoms with Crippen molar-refractivity contribution in [2.24, 2.45) is 0 Å². The number of para-hydroxylation sites is 8. The van der Waals surface area contributed by atoms with Crippen molar-refractivity contribution < 1.29 is 31.4 Å². The zero-order valence-corrected chi connectivity index (χ0v) is 31.0. The number of nitrogens with zero attached hydrogens (tertiary/aromatic N) is 6. The minimum atomic E-state index is 0. The fraction of sp³-hybridized carbons (Fsp3) is 0.263. The van der Waals surface area contributed by atoms with Crippen molar-refractivity contribution in [3.05, 3.63) is 120 Å². The molecule has 12 N–H and O–H groups in total. The van der Waals surface area contributed by atoms with Crippen LogP contribution >= 0.6 is 0 Å². The maximum Gasteiger partial charge on any atom is 0.121 e. The third-order valence-corrected chi connectivity index (χ3v) is 7.98. The van der Waals surface area contributed by atoms with E-state index in [0.717, 1.165) is 109 Å². The highest BCUT2D eigenvalue weighted by atomic mass is 16.2. The van der Waals surface area contributed by atoms with Gasteiger partial charge in [-0.1, -0.05) is 48.5 Å². The lowest BCUT2D eigenvalue weighted by Gasteiger charge is -2.26. The van der Waals surface area contributed by atoms with Gasteiger partial charge in [-0.2, -0.15) is 0 Å². The molecule has 0 unspecified atom stereocenters. The van der Waals surface area contributed by atoms with Crippen LogP contribution in [-0.4, -0.2) is 123 Å². The van der Waals surface area contributed by atoms with Gasteiger partial charge in [0.2, 0.25) is 0 Å². The number of aromatic amines is 4. The van der Waals surface area contributed by atoms with E-state index in [2.05, 4.69) is 54.0 Å². The van der Waals surface area contributed by atoms with E-state index in [4.69, 9.17) is 40.4 Å². The molecule has 16 nitrogen and oxygen atoms in total. The molecular formula is C38H52N10O6. The standard InChI is InChI=1S/C34H32N10.4CH4O.2H2O/c1-2-10-24-23(9-1)35-31(36-24)19-43(20-32-37-25-11-3-4-12-26(25)38-32)17-18-44(21-33-39-27-13-5-6-14-28(27)40-33)22-34-41-29-15-7-8-16-30(29)42-34;4*1-2;;/h1-16H,17-22H2,(H,35,36)(H,37,38)(H,39,40)(H,41,42);4*2H,1H3;2*1H2. The second-order valence-electron chi connectivity index (χ2n) is 11.2. The summed E-state index contributed by atoms with van der Waals surface area (Å²) in [5, 5.41) is 28.0. The van der Waals surface area contributed by atoms with Crippen LogP contribution in [0.2, 0.25) is 0 Å². The zero-order valence-electron chi connectivity index (χ0n) is 31.0. The minimum absolute atomic E-state index is 0. The second kappa shape index (κ2) is 23.2. The lowest BCUT2D eigenvalue weighted by molar-refractivity contribution is 0.174. The zero-order chi connectivity index (χ0) is 37.3. The normalized spacial score (nSPS) is 10.3. The number of aromatic nitrogens is 8. The number of H-pyrrole nitrogens is 4. The summed E-state index contributed by atoms with van der Waals surface area (Å²) in [7, 11) is 4.00. The predicted octanol–water partition coefficient (Wildman–Crippen LogP) is 2.68. The molecule has 8 rings (SSSR count). The molecule has 0 aliphatic carbocycles. The van der Waals surface area contributed by atoms with Crippen molar-refractivity contribution in [2.75, 3.05) is 41.5 Å². The summed E-state index contributed by atoms with van der Waals surface area (Å²) >= 11 is 0. The highest BCUT2D eigenvalue weighted by Gasteiger charge is 2.18. The SMILES string of the molecule is CO.CO.CO.CO.O.O.c1ccc2[nH]c(CN(CCN(Cc3nc4ccccc4[nH]3)Cc3nc4ccccc4[nH]3)Cc3nc4ccccc4[nH]3)nc2c1. The smallest absolute Gasteiger partial charge is 0.121 e. The van der Waals surface area contributed by atoms with Crippen molar-refractivity contribution in [3.8, 4) is 0 Å². The average molecular weight is 745 g/mol. The van der Waals surface area contributed by atoms with E-state index in [0.29, 0.717) is 26.2 Å². The molecule has 54 heavy (non-hydrogen) atoms. The number of hydrogen-bond acceptors (Lipinski definition) is 10. The van der Waals surface area contributed by atoms with E-state index in [1.165, 1.54) is 0 Å². The quantitative estimate of drug-likeness (QED) is 0.0960. The van der Waals surface area contributed by atoms with E-state index in [1.54, 1.807) is 0 Å². The number of nitrogens with one attached hydrogen (secondary N) is 4. The first-order chi connectivity index (χ1) is 25.7. The van der Waals surface area contributed by atoms with Gasteiger partial charge in [0.25, 0.3) is 0 Å².